The first-order chi connectivity index (χ1) is 18.0. The zero-order valence-electron chi connectivity index (χ0n) is 21.2. The van der Waals surface area contributed by atoms with Crippen LogP contribution in [-0.4, -0.2) is 61.1 Å². The summed E-state index contributed by atoms with van der Waals surface area (Å²) in [5.74, 6) is -0.0977. The fourth-order valence-corrected chi connectivity index (χ4v) is 6.13. The van der Waals surface area contributed by atoms with Crippen LogP contribution in [-0.2, 0) is 24.8 Å². The van der Waals surface area contributed by atoms with Crippen molar-refractivity contribution < 1.29 is 31.1 Å². The molecule has 0 aliphatic carbocycles. The molecule has 38 heavy (non-hydrogen) atoms. The van der Waals surface area contributed by atoms with E-state index in [9.17, 15) is 21.6 Å². The van der Waals surface area contributed by atoms with Crippen molar-refractivity contribution in [1.29, 1.82) is 0 Å². The molecule has 10 nitrogen and oxygen atoms in total. The van der Waals surface area contributed by atoms with E-state index in [0.717, 1.165) is 11.1 Å². The second kappa shape index (κ2) is 11.0. The van der Waals surface area contributed by atoms with Crippen LogP contribution in [0.1, 0.15) is 21.5 Å². The highest BCUT2D eigenvalue weighted by molar-refractivity contribution is 7.93. The number of anilines is 2. The molecule has 3 aromatic carbocycles. The lowest BCUT2D eigenvalue weighted by Crippen LogP contribution is -2.40. The van der Waals surface area contributed by atoms with Crippen LogP contribution in [0.15, 0.2) is 70.5 Å². The summed E-state index contributed by atoms with van der Waals surface area (Å²) in [5.41, 5.74) is 2.43. The third-order valence-electron chi connectivity index (χ3n) is 6.06. The maximum absolute atomic E-state index is 13.1. The zero-order valence-corrected chi connectivity index (χ0v) is 22.9. The van der Waals surface area contributed by atoms with Crippen molar-refractivity contribution in [2.45, 2.75) is 23.6 Å². The summed E-state index contributed by atoms with van der Waals surface area (Å²) in [6.07, 6.45) is 0. The highest BCUT2D eigenvalue weighted by Crippen LogP contribution is 2.27. The fourth-order valence-electron chi connectivity index (χ4n) is 3.92. The van der Waals surface area contributed by atoms with E-state index in [-0.39, 0.29) is 32.7 Å². The molecule has 12 heteroatoms. The van der Waals surface area contributed by atoms with Crippen molar-refractivity contribution in [3.63, 3.8) is 0 Å². The Hall–Kier alpha value is -3.61. The molecule has 4 rings (SSSR count). The van der Waals surface area contributed by atoms with E-state index < -0.39 is 20.0 Å². The van der Waals surface area contributed by atoms with Crippen LogP contribution in [0.5, 0.6) is 5.75 Å². The van der Waals surface area contributed by atoms with Crippen LogP contribution in [0.2, 0.25) is 0 Å². The summed E-state index contributed by atoms with van der Waals surface area (Å²) in [6, 6.07) is 14.8. The first-order valence-electron chi connectivity index (χ1n) is 11.8. The Labute approximate surface area is 222 Å². The molecule has 0 spiro atoms. The lowest BCUT2D eigenvalue weighted by atomic mass is 10.1. The molecular formula is C26H29N3O7S2. The van der Waals surface area contributed by atoms with Crippen molar-refractivity contribution in [3.8, 4) is 5.75 Å². The standard InChI is InChI=1S/C26H29N3O7S2/c1-18-4-5-19(2)24(16-18)28-37(31,32)21-8-6-20(7-9-21)27-38(33,34)22-10-11-25(35-3)23(17-22)26(30)29-12-14-36-15-13-29/h4-11,16-17,27-28H,12-15H2,1-3H3. The van der Waals surface area contributed by atoms with Crippen molar-refractivity contribution in [1.82, 2.24) is 4.90 Å². The summed E-state index contributed by atoms with van der Waals surface area (Å²) in [4.78, 5) is 14.5. The Morgan fingerprint density at radius 2 is 1.47 bits per heavy atom. The predicted molar refractivity (Wildman–Crippen MR) is 144 cm³/mol. The van der Waals surface area contributed by atoms with Gasteiger partial charge in [0, 0.05) is 18.8 Å². The molecule has 0 unspecified atom stereocenters. The van der Waals surface area contributed by atoms with E-state index >= 15 is 0 Å². The first-order valence-corrected chi connectivity index (χ1v) is 14.7. The number of sulfonamides is 2. The Bertz CT molecular complexity index is 1550. The molecule has 3 aromatic rings. The second-order valence-corrected chi connectivity index (χ2v) is 12.2. The van der Waals surface area contributed by atoms with Gasteiger partial charge >= 0.3 is 0 Å². The quantitative estimate of drug-likeness (QED) is 0.433. The average Bonchev–Trinajstić information content (AvgIpc) is 2.90. The molecule has 1 saturated heterocycles. The molecule has 1 heterocycles. The number of carbonyl (C=O) groups excluding carboxylic acids is 1. The molecule has 202 valence electrons. The van der Waals surface area contributed by atoms with Crippen LogP contribution in [0.25, 0.3) is 0 Å². The predicted octanol–water partition coefficient (Wildman–Crippen LogP) is 3.39. The smallest absolute Gasteiger partial charge is 0.261 e. The Morgan fingerprint density at radius 1 is 0.842 bits per heavy atom. The second-order valence-electron chi connectivity index (χ2n) is 8.82. The van der Waals surface area contributed by atoms with Crippen molar-refractivity contribution in [2.24, 2.45) is 0 Å². The molecule has 0 atom stereocenters. The molecule has 1 aliphatic heterocycles. The van der Waals surface area contributed by atoms with Gasteiger partial charge in [-0.25, -0.2) is 16.8 Å². The topological polar surface area (TPSA) is 131 Å². The number of amides is 1. The fraction of sp³-hybridized carbons (Fsp3) is 0.269. The van der Waals surface area contributed by atoms with E-state index in [0.29, 0.717) is 32.0 Å². The van der Waals surface area contributed by atoms with Crippen molar-refractivity contribution in [2.75, 3.05) is 42.9 Å². The maximum Gasteiger partial charge on any atom is 0.261 e. The summed E-state index contributed by atoms with van der Waals surface area (Å²) < 4.78 is 67.5. The van der Waals surface area contributed by atoms with Crippen LogP contribution in [0.4, 0.5) is 11.4 Å². The number of ether oxygens (including phenoxy) is 2. The number of methoxy groups -OCH3 is 1. The number of hydrogen-bond acceptors (Lipinski definition) is 7. The van der Waals surface area contributed by atoms with Gasteiger partial charge in [-0.15, -0.1) is 0 Å². The summed E-state index contributed by atoms with van der Waals surface area (Å²) in [7, 11) is -6.58. The van der Waals surface area contributed by atoms with Gasteiger partial charge in [0.15, 0.2) is 0 Å². The molecule has 2 N–H and O–H groups in total. The van der Waals surface area contributed by atoms with Crippen molar-refractivity contribution in [3.05, 3.63) is 77.4 Å². The van der Waals surface area contributed by atoms with Gasteiger partial charge in [-0.1, -0.05) is 12.1 Å². The zero-order chi connectivity index (χ0) is 27.5. The van der Waals surface area contributed by atoms with E-state index in [1.807, 2.05) is 19.1 Å². The number of nitrogens with one attached hydrogen (secondary N) is 2. The molecule has 0 bridgehead atoms. The van der Waals surface area contributed by atoms with Gasteiger partial charge < -0.3 is 14.4 Å². The average molecular weight is 560 g/mol. The maximum atomic E-state index is 13.1. The molecule has 1 aliphatic rings. The first kappa shape index (κ1) is 27.4. The molecule has 1 amide bonds. The van der Waals surface area contributed by atoms with Gasteiger partial charge in [-0.05, 0) is 73.5 Å². The van der Waals surface area contributed by atoms with Gasteiger partial charge in [-0.3, -0.25) is 14.2 Å². The van der Waals surface area contributed by atoms with E-state index in [1.54, 1.807) is 17.9 Å². The van der Waals surface area contributed by atoms with E-state index in [4.69, 9.17) is 9.47 Å². The van der Waals surface area contributed by atoms with E-state index in [1.165, 1.54) is 49.6 Å². The normalized spacial score (nSPS) is 14.1. The largest absolute Gasteiger partial charge is 0.496 e. The van der Waals surface area contributed by atoms with Gasteiger partial charge in [0.2, 0.25) is 0 Å². The van der Waals surface area contributed by atoms with Crippen molar-refractivity contribution >= 4 is 37.3 Å². The number of rotatable bonds is 8. The van der Waals surface area contributed by atoms with Gasteiger partial charge in [0.1, 0.15) is 5.75 Å². The molecular weight excluding hydrogens is 530 g/mol. The number of morpholine rings is 1. The summed E-state index contributed by atoms with van der Waals surface area (Å²) in [5, 5.41) is 0. The highest BCUT2D eigenvalue weighted by Gasteiger charge is 2.25. The van der Waals surface area contributed by atoms with Gasteiger partial charge in [0.25, 0.3) is 26.0 Å². The van der Waals surface area contributed by atoms with Crippen LogP contribution in [0, 0.1) is 13.8 Å². The monoisotopic (exact) mass is 559 g/mol. The molecule has 0 aromatic heterocycles. The Balaban J connectivity index is 1.54. The molecule has 0 saturated carbocycles. The summed E-state index contributed by atoms with van der Waals surface area (Å²) >= 11 is 0. The lowest BCUT2D eigenvalue weighted by Gasteiger charge is -2.27. The SMILES string of the molecule is COc1ccc(S(=O)(=O)Nc2ccc(S(=O)(=O)Nc3cc(C)ccc3C)cc2)cc1C(=O)N1CCOCC1. The highest BCUT2D eigenvalue weighted by atomic mass is 32.2. The van der Waals surface area contributed by atoms with Crippen LogP contribution in [0.3, 0.4) is 0 Å². The van der Waals surface area contributed by atoms with Crippen LogP contribution < -0.4 is 14.2 Å². The molecule has 1 fully saturated rings. The third kappa shape index (κ3) is 6.09. The Kier molecular flexibility index (Phi) is 7.95. The van der Waals surface area contributed by atoms with Gasteiger partial charge in [0.05, 0.1) is 41.4 Å². The molecule has 0 radical (unpaired) electrons. The van der Waals surface area contributed by atoms with E-state index in [2.05, 4.69) is 9.44 Å². The number of aryl methyl sites for hydroxylation is 2. The number of benzene rings is 3. The lowest BCUT2D eigenvalue weighted by molar-refractivity contribution is 0.0300. The Morgan fingerprint density at radius 3 is 2.13 bits per heavy atom. The summed E-state index contributed by atoms with van der Waals surface area (Å²) in [6.45, 7) is 5.26. The van der Waals surface area contributed by atoms with Crippen LogP contribution >= 0.6 is 0 Å². The van der Waals surface area contributed by atoms with Gasteiger partial charge in [-0.2, -0.15) is 0 Å². The minimum absolute atomic E-state index is 0.0239. The number of carbonyl (C=O) groups is 1. The minimum Gasteiger partial charge on any atom is -0.496 e. The number of hydrogen-bond donors (Lipinski definition) is 2. The number of nitrogens with zero attached hydrogens (tertiary/aromatic N) is 1. The minimum atomic E-state index is -4.10. The third-order valence-corrected chi connectivity index (χ3v) is 8.82.